The number of carbonyl (C=O) groups is 1. The highest BCUT2D eigenvalue weighted by Gasteiger charge is 2.13. The molecule has 4 aromatic rings. The third-order valence-electron chi connectivity index (χ3n) is 4.57. The van der Waals surface area contributed by atoms with Crippen molar-refractivity contribution in [3.63, 3.8) is 0 Å². The number of hydrogen-bond acceptors (Lipinski definition) is 4. The first-order chi connectivity index (χ1) is 15.0. The van der Waals surface area contributed by atoms with E-state index in [1.165, 1.54) is 0 Å². The number of nitrogens with zero attached hydrogens (tertiary/aromatic N) is 3. The highest BCUT2D eigenvalue weighted by molar-refractivity contribution is 9.10. The van der Waals surface area contributed by atoms with Gasteiger partial charge in [0.1, 0.15) is 5.82 Å². The number of benzene rings is 2. The molecule has 2 heterocycles. The Kier molecular flexibility index (Phi) is 6.39. The van der Waals surface area contributed by atoms with Crippen LogP contribution in [0.1, 0.15) is 5.56 Å². The number of amides is 2. The Morgan fingerprint density at radius 3 is 2.77 bits per heavy atom. The van der Waals surface area contributed by atoms with Gasteiger partial charge in [-0.15, -0.1) is 0 Å². The van der Waals surface area contributed by atoms with Crippen molar-refractivity contribution in [3.05, 3.63) is 75.9 Å². The molecule has 0 spiro atoms. The van der Waals surface area contributed by atoms with Crippen molar-refractivity contribution in [2.75, 3.05) is 23.7 Å². The van der Waals surface area contributed by atoms with Gasteiger partial charge in [0.15, 0.2) is 5.65 Å². The monoisotopic (exact) mass is 498 g/mol. The fraction of sp³-hybridized carbons (Fsp3) is 0.136. The fourth-order valence-corrected chi connectivity index (χ4v) is 3.71. The number of carbonyl (C=O) groups excluding carboxylic acids is 1. The molecule has 31 heavy (non-hydrogen) atoms. The van der Waals surface area contributed by atoms with Crippen LogP contribution in [0.25, 0.3) is 16.9 Å². The van der Waals surface area contributed by atoms with Crippen LogP contribution >= 0.6 is 27.5 Å². The summed E-state index contributed by atoms with van der Waals surface area (Å²) in [7, 11) is 0. The number of rotatable bonds is 6. The van der Waals surface area contributed by atoms with Crippen LogP contribution in [0.4, 0.5) is 16.3 Å². The molecule has 2 amide bonds. The summed E-state index contributed by atoms with van der Waals surface area (Å²) in [5.74, 6) is 0.742. The van der Waals surface area contributed by atoms with Gasteiger partial charge in [0, 0.05) is 35.4 Å². The number of halogens is 2. The summed E-state index contributed by atoms with van der Waals surface area (Å²) in [4.78, 5) is 16.8. The van der Waals surface area contributed by atoms with Crippen molar-refractivity contribution in [2.45, 2.75) is 6.92 Å². The summed E-state index contributed by atoms with van der Waals surface area (Å²) < 4.78 is 2.48. The third-order valence-corrected chi connectivity index (χ3v) is 5.46. The largest absolute Gasteiger partial charge is 0.368 e. The first-order valence-corrected chi connectivity index (χ1v) is 10.8. The Morgan fingerprint density at radius 1 is 1.13 bits per heavy atom. The van der Waals surface area contributed by atoms with Gasteiger partial charge in [-0.2, -0.15) is 9.61 Å². The molecular formula is C22H20BrClN6O. The molecular weight excluding hydrogens is 480 g/mol. The second-order valence-corrected chi connectivity index (χ2v) is 8.17. The maximum absolute atomic E-state index is 12.1. The predicted octanol–water partition coefficient (Wildman–Crippen LogP) is 5.35. The summed E-state index contributed by atoms with van der Waals surface area (Å²) >= 11 is 9.86. The molecule has 0 saturated carbocycles. The molecule has 2 aromatic heterocycles. The molecule has 0 radical (unpaired) electrons. The van der Waals surface area contributed by atoms with Crippen LogP contribution in [0.2, 0.25) is 5.02 Å². The molecule has 0 aliphatic carbocycles. The number of anilines is 2. The van der Waals surface area contributed by atoms with Crippen LogP contribution < -0.4 is 16.0 Å². The molecule has 158 valence electrons. The van der Waals surface area contributed by atoms with Gasteiger partial charge in [-0.25, -0.2) is 9.78 Å². The number of nitrogens with one attached hydrogen (secondary N) is 3. The minimum Gasteiger partial charge on any atom is -0.368 e. The Labute approximate surface area is 193 Å². The minimum absolute atomic E-state index is 0.258. The number of aromatic nitrogens is 3. The SMILES string of the molecule is Cc1cccc(NC(=O)NCCNc2cc(-c3ccccc3Cl)nc3c(Br)cnn23)c1. The standard InChI is InChI=1S/C22H20BrClN6O/c1-14-5-4-6-15(11-14)28-22(31)26-10-9-25-20-12-19(16-7-2-3-8-18(16)24)29-21-17(23)13-27-30(20)21/h2-8,11-13,25H,9-10H2,1H3,(H2,26,28,31). The van der Waals surface area contributed by atoms with Crippen molar-refractivity contribution >= 4 is 50.7 Å². The number of aryl methyl sites for hydroxylation is 1. The molecule has 0 saturated heterocycles. The summed E-state index contributed by atoms with van der Waals surface area (Å²) in [6.07, 6.45) is 1.69. The van der Waals surface area contributed by atoms with E-state index < -0.39 is 0 Å². The van der Waals surface area contributed by atoms with Crippen LogP contribution in [0, 0.1) is 6.92 Å². The zero-order valence-electron chi connectivity index (χ0n) is 16.7. The third kappa shape index (κ3) is 4.98. The van der Waals surface area contributed by atoms with Crippen LogP contribution in [0.5, 0.6) is 0 Å². The number of fused-ring (bicyclic) bond motifs is 1. The van der Waals surface area contributed by atoms with Gasteiger partial charge in [-0.3, -0.25) is 0 Å². The van der Waals surface area contributed by atoms with Gasteiger partial charge < -0.3 is 16.0 Å². The molecule has 3 N–H and O–H groups in total. The highest BCUT2D eigenvalue weighted by atomic mass is 79.9. The normalized spacial score (nSPS) is 10.8. The van der Waals surface area contributed by atoms with E-state index in [0.717, 1.165) is 32.8 Å². The lowest BCUT2D eigenvalue weighted by Gasteiger charge is -2.12. The maximum Gasteiger partial charge on any atom is 0.319 e. The Morgan fingerprint density at radius 2 is 1.97 bits per heavy atom. The van der Waals surface area contributed by atoms with E-state index in [4.69, 9.17) is 11.6 Å². The molecule has 7 nitrogen and oxygen atoms in total. The molecule has 0 aliphatic rings. The summed E-state index contributed by atoms with van der Waals surface area (Å²) in [5.41, 5.74) is 4.07. The van der Waals surface area contributed by atoms with E-state index in [0.29, 0.717) is 23.8 Å². The fourth-order valence-electron chi connectivity index (χ4n) is 3.13. The topological polar surface area (TPSA) is 83.4 Å². The summed E-state index contributed by atoms with van der Waals surface area (Å²) in [6, 6.07) is 16.8. The molecule has 0 fully saturated rings. The molecule has 9 heteroatoms. The van der Waals surface area contributed by atoms with E-state index in [2.05, 4.69) is 42.0 Å². The van der Waals surface area contributed by atoms with Gasteiger partial charge in [0.25, 0.3) is 0 Å². The summed E-state index contributed by atoms with van der Waals surface area (Å²) in [6.45, 7) is 2.90. The lowest BCUT2D eigenvalue weighted by atomic mass is 10.1. The van der Waals surface area contributed by atoms with E-state index in [9.17, 15) is 4.79 Å². The van der Waals surface area contributed by atoms with Gasteiger partial charge in [0.2, 0.25) is 0 Å². The number of urea groups is 1. The Bertz CT molecular complexity index is 1240. The van der Waals surface area contributed by atoms with Crippen LogP contribution in [0.3, 0.4) is 0 Å². The quantitative estimate of drug-likeness (QED) is 0.312. The van der Waals surface area contributed by atoms with Gasteiger partial charge in [-0.05, 0) is 46.6 Å². The molecule has 0 bridgehead atoms. The maximum atomic E-state index is 12.1. The summed E-state index contributed by atoms with van der Waals surface area (Å²) in [5, 5.41) is 14.0. The zero-order valence-corrected chi connectivity index (χ0v) is 19.0. The van der Waals surface area contributed by atoms with Gasteiger partial charge >= 0.3 is 6.03 Å². The average Bonchev–Trinajstić information content (AvgIpc) is 3.12. The molecule has 4 rings (SSSR count). The van der Waals surface area contributed by atoms with Crippen LogP contribution in [0.15, 0.2) is 65.3 Å². The molecule has 0 unspecified atom stereocenters. The van der Waals surface area contributed by atoms with Gasteiger partial charge in [-0.1, -0.05) is 41.9 Å². The van der Waals surface area contributed by atoms with E-state index >= 15 is 0 Å². The predicted molar refractivity (Wildman–Crippen MR) is 128 cm³/mol. The average molecular weight is 500 g/mol. The Hall–Kier alpha value is -3.10. The number of hydrogen-bond donors (Lipinski definition) is 3. The van der Waals surface area contributed by atoms with E-state index in [1.807, 2.05) is 61.5 Å². The van der Waals surface area contributed by atoms with Crippen molar-refractivity contribution in [3.8, 4) is 11.3 Å². The van der Waals surface area contributed by atoms with E-state index in [-0.39, 0.29) is 6.03 Å². The highest BCUT2D eigenvalue weighted by Crippen LogP contribution is 2.30. The van der Waals surface area contributed by atoms with Crippen LogP contribution in [-0.4, -0.2) is 33.7 Å². The van der Waals surface area contributed by atoms with Crippen molar-refractivity contribution in [2.24, 2.45) is 0 Å². The first kappa shape index (κ1) is 21.1. The smallest absolute Gasteiger partial charge is 0.319 e. The second kappa shape index (κ2) is 9.36. The minimum atomic E-state index is -0.258. The van der Waals surface area contributed by atoms with Gasteiger partial charge in [0.05, 0.1) is 16.4 Å². The molecule has 2 aromatic carbocycles. The lowest BCUT2D eigenvalue weighted by Crippen LogP contribution is -2.32. The van der Waals surface area contributed by atoms with Crippen molar-refractivity contribution < 1.29 is 4.79 Å². The molecule has 0 atom stereocenters. The first-order valence-electron chi connectivity index (χ1n) is 9.66. The second-order valence-electron chi connectivity index (χ2n) is 6.91. The zero-order chi connectivity index (χ0) is 21.8. The Balaban J connectivity index is 1.44. The van der Waals surface area contributed by atoms with Crippen molar-refractivity contribution in [1.29, 1.82) is 0 Å². The van der Waals surface area contributed by atoms with Crippen molar-refractivity contribution in [1.82, 2.24) is 19.9 Å². The lowest BCUT2D eigenvalue weighted by molar-refractivity contribution is 0.252. The molecule has 0 aliphatic heterocycles. The van der Waals surface area contributed by atoms with Crippen LogP contribution in [-0.2, 0) is 0 Å². The van der Waals surface area contributed by atoms with E-state index in [1.54, 1.807) is 10.7 Å².